The molecule has 2 rings (SSSR count). The third-order valence-electron chi connectivity index (χ3n) is 2.58. The monoisotopic (exact) mass is 189 g/mol. The van der Waals surface area contributed by atoms with Crippen LogP contribution in [-0.4, -0.2) is 4.57 Å². The summed E-state index contributed by atoms with van der Waals surface area (Å²) < 4.78 is 1.81. The maximum absolute atomic E-state index is 11.0. The summed E-state index contributed by atoms with van der Waals surface area (Å²) in [6, 6.07) is 3.73. The van der Waals surface area contributed by atoms with Gasteiger partial charge < -0.3 is 10.3 Å². The van der Waals surface area contributed by atoms with Gasteiger partial charge in [0.05, 0.1) is 17.2 Å². The summed E-state index contributed by atoms with van der Waals surface area (Å²) in [5.74, 6) is 0. The normalized spacial score (nSPS) is 17.4. The zero-order valence-electron chi connectivity index (χ0n) is 7.73. The number of nitriles is 1. The maximum Gasteiger partial charge on any atom is 0.204 e. The SMILES string of the molecule is N#CC1(Cn2ccc(=O)c(N)c2)CC1. The Labute approximate surface area is 81.6 Å². The molecule has 1 aliphatic rings. The van der Waals surface area contributed by atoms with E-state index >= 15 is 0 Å². The van der Waals surface area contributed by atoms with Crippen LogP contribution in [0.3, 0.4) is 0 Å². The van der Waals surface area contributed by atoms with Crippen LogP contribution in [-0.2, 0) is 6.54 Å². The molecule has 0 atom stereocenters. The van der Waals surface area contributed by atoms with Crippen molar-refractivity contribution in [1.29, 1.82) is 5.26 Å². The average Bonchev–Trinajstić information content (AvgIpc) is 2.93. The first-order valence-electron chi connectivity index (χ1n) is 4.52. The molecule has 4 nitrogen and oxygen atoms in total. The zero-order valence-corrected chi connectivity index (χ0v) is 7.73. The summed E-state index contributed by atoms with van der Waals surface area (Å²) in [6.45, 7) is 0.633. The van der Waals surface area contributed by atoms with Gasteiger partial charge >= 0.3 is 0 Å². The molecule has 1 aromatic rings. The zero-order chi connectivity index (χ0) is 10.2. The molecule has 14 heavy (non-hydrogen) atoms. The van der Waals surface area contributed by atoms with E-state index in [2.05, 4.69) is 6.07 Å². The van der Waals surface area contributed by atoms with Crippen molar-refractivity contribution >= 4 is 5.69 Å². The fraction of sp³-hybridized carbons (Fsp3) is 0.400. The Hall–Kier alpha value is -1.76. The number of rotatable bonds is 2. The van der Waals surface area contributed by atoms with Gasteiger partial charge in [-0.3, -0.25) is 4.79 Å². The van der Waals surface area contributed by atoms with E-state index in [-0.39, 0.29) is 16.5 Å². The molecule has 0 unspecified atom stereocenters. The van der Waals surface area contributed by atoms with Gasteiger partial charge in [0.1, 0.15) is 0 Å². The fourth-order valence-electron chi connectivity index (χ4n) is 1.45. The second-order valence-electron chi connectivity index (χ2n) is 3.83. The lowest BCUT2D eigenvalue weighted by Gasteiger charge is -2.09. The predicted octanol–water partition coefficient (Wildman–Crippen LogP) is 0.734. The summed E-state index contributed by atoms with van der Waals surface area (Å²) in [7, 11) is 0. The minimum Gasteiger partial charge on any atom is -0.394 e. The van der Waals surface area contributed by atoms with Crippen molar-refractivity contribution in [1.82, 2.24) is 4.57 Å². The number of hydrogen-bond acceptors (Lipinski definition) is 3. The Morgan fingerprint density at radius 3 is 2.86 bits per heavy atom. The number of anilines is 1. The Morgan fingerprint density at radius 1 is 1.64 bits per heavy atom. The highest BCUT2D eigenvalue weighted by molar-refractivity contribution is 5.33. The lowest BCUT2D eigenvalue weighted by Crippen LogP contribution is -2.14. The molecule has 1 saturated carbocycles. The Morgan fingerprint density at radius 2 is 2.36 bits per heavy atom. The van der Waals surface area contributed by atoms with Crippen molar-refractivity contribution in [3.63, 3.8) is 0 Å². The first-order valence-corrected chi connectivity index (χ1v) is 4.52. The van der Waals surface area contributed by atoms with Crippen LogP contribution in [0.15, 0.2) is 23.3 Å². The highest BCUT2D eigenvalue weighted by Crippen LogP contribution is 2.46. The van der Waals surface area contributed by atoms with Crippen molar-refractivity contribution < 1.29 is 0 Å². The molecule has 0 radical (unpaired) electrons. The minimum atomic E-state index is -0.207. The van der Waals surface area contributed by atoms with Gasteiger partial charge in [0.15, 0.2) is 0 Å². The third-order valence-corrected chi connectivity index (χ3v) is 2.58. The number of aromatic nitrogens is 1. The number of nitrogens with two attached hydrogens (primary N) is 1. The molecule has 0 spiro atoms. The average molecular weight is 189 g/mol. The molecular weight excluding hydrogens is 178 g/mol. The van der Waals surface area contributed by atoms with Crippen molar-refractivity contribution in [2.45, 2.75) is 19.4 Å². The first-order chi connectivity index (χ1) is 6.65. The van der Waals surface area contributed by atoms with Crippen LogP contribution in [0.25, 0.3) is 0 Å². The van der Waals surface area contributed by atoms with Crippen molar-refractivity contribution in [2.75, 3.05) is 5.73 Å². The minimum absolute atomic E-state index is 0.164. The molecule has 0 amide bonds. The standard InChI is InChI=1S/C10H11N3O/c11-6-10(2-3-10)7-13-4-1-9(14)8(12)5-13/h1,4-5H,2-3,7,12H2. The van der Waals surface area contributed by atoms with Gasteiger partial charge in [-0.05, 0) is 12.8 Å². The highest BCUT2D eigenvalue weighted by atomic mass is 16.1. The van der Waals surface area contributed by atoms with E-state index in [1.54, 1.807) is 12.4 Å². The van der Waals surface area contributed by atoms with Crippen molar-refractivity contribution in [3.05, 3.63) is 28.7 Å². The molecule has 0 aliphatic heterocycles. The van der Waals surface area contributed by atoms with Gasteiger partial charge in [-0.25, -0.2) is 0 Å². The van der Waals surface area contributed by atoms with Gasteiger partial charge in [0.2, 0.25) is 5.43 Å². The second-order valence-corrected chi connectivity index (χ2v) is 3.83. The van der Waals surface area contributed by atoms with E-state index < -0.39 is 0 Å². The van der Waals surface area contributed by atoms with Gasteiger partial charge in [-0.2, -0.15) is 5.26 Å². The van der Waals surface area contributed by atoms with Gasteiger partial charge in [0, 0.05) is 25.0 Å². The smallest absolute Gasteiger partial charge is 0.204 e. The molecule has 1 aliphatic carbocycles. The molecule has 0 bridgehead atoms. The molecule has 1 aromatic heterocycles. The van der Waals surface area contributed by atoms with Crippen LogP contribution < -0.4 is 11.2 Å². The van der Waals surface area contributed by atoms with Gasteiger partial charge in [0.25, 0.3) is 0 Å². The van der Waals surface area contributed by atoms with Gasteiger partial charge in [-0.15, -0.1) is 0 Å². The molecule has 0 aromatic carbocycles. The lowest BCUT2D eigenvalue weighted by atomic mass is 10.1. The summed E-state index contributed by atoms with van der Waals surface area (Å²) in [6.07, 6.45) is 5.15. The van der Waals surface area contributed by atoms with Crippen LogP contribution in [0.2, 0.25) is 0 Å². The second kappa shape index (κ2) is 2.88. The van der Waals surface area contributed by atoms with Crippen LogP contribution in [0.5, 0.6) is 0 Å². The van der Waals surface area contributed by atoms with E-state index in [4.69, 9.17) is 11.0 Å². The summed E-state index contributed by atoms with van der Waals surface area (Å²) >= 11 is 0. The third kappa shape index (κ3) is 1.49. The predicted molar refractivity (Wildman–Crippen MR) is 52.4 cm³/mol. The Balaban J connectivity index is 2.23. The Kier molecular flexibility index (Phi) is 1.81. The topological polar surface area (TPSA) is 71.8 Å². The van der Waals surface area contributed by atoms with E-state index in [0.29, 0.717) is 6.54 Å². The maximum atomic E-state index is 11.0. The summed E-state index contributed by atoms with van der Waals surface area (Å²) in [5.41, 5.74) is 5.35. The quantitative estimate of drug-likeness (QED) is 0.745. The highest BCUT2D eigenvalue weighted by Gasteiger charge is 2.43. The molecule has 2 N–H and O–H groups in total. The largest absolute Gasteiger partial charge is 0.394 e. The molecule has 1 fully saturated rings. The van der Waals surface area contributed by atoms with Crippen LogP contribution in [0, 0.1) is 16.7 Å². The molecular formula is C10H11N3O. The van der Waals surface area contributed by atoms with E-state index in [1.807, 2.05) is 4.57 Å². The van der Waals surface area contributed by atoms with E-state index in [1.165, 1.54) is 6.07 Å². The molecule has 1 heterocycles. The van der Waals surface area contributed by atoms with Crippen LogP contribution in [0.4, 0.5) is 5.69 Å². The molecule has 72 valence electrons. The number of hydrogen-bond donors (Lipinski definition) is 1. The van der Waals surface area contributed by atoms with Gasteiger partial charge in [-0.1, -0.05) is 0 Å². The van der Waals surface area contributed by atoms with E-state index in [0.717, 1.165) is 12.8 Å². The lowest BCUT2D eigenvalue weighted by molar-refractivity contribution is 0.526. The number of nitrogens with zero attached hydrogens (tertiary/aromatic N) is 2. The van der Waals surface area contributed by atoms with Crippen LogP contribution in [0.1, 0.15) is 12.8 Å². The number of nitrogen functional groups attached to an aromatic ring is 1. The fourth-order valence-corrected chi connectivity index (χ4v) is 1.45. The summed E-state index contributed by atoms with van der Waals surface area (Å²) in [5, 5.41) is 8.89. The van der Waals surface area contributed by atoms with Crippen molar-refractivity contribution in [2.24, 2.45) is 5.41 Å². The summed E-state index contributed by atoms with van der Waals surface area (Å²) in [4.78, 5) is 11.0. The Bertz CT molecular complexity index is 451. The molecule has 4 heteroatoms. The van der Waals surface area contributed by atoms with E-state index in [9.17, 15) is 4.79 Å². The number of pyridine rings is 1. The molecule has 0 saturated heterocycles. The first kappa shape index (κ1) is 8.82. The van der Waals surface area contributed by atoms with Crippen molar-refractivity contribution in [3.8, 4) is 6.07 Å². The van der Waals surface area contributed by atoms with Crippen LogP contribution >= 0.6 is 0 Å².